The van der Waals surface area contributed by atoms with Crippen LogP contribution in [-0.4, -0.2) is 39.9 Å². The largest absolute Gasteiger partial charge is 0.493 e. The van der Waals surface area contributed by atoms with Gasteiger partial charge in [-0.3, -0.25) is 4.79 Å². The smallest absolute Gasteiger partial charge is 0.224 e. The van der Waals surface area contributed by atoms with Crippen LogP contribution in [0.5, 0.6) is 23.0 Å². The van der Waals surface area contributed by atoms with Crippen molar-refractivity contribution in [1.82, 2.24) is 5.32 Å². The molecular formula is C20H23NO5. The fourth-order valence-electron chi connectivity index (χ4n) is 2.83. The normalized spacial score (nSPS) is 12.4. The Hall–Kier alpha value is -2.89. The number of ether oxygens (including phenoxy) is 4. The van der Waals surface area contributed by atoms with E-state index < -0.39 is 0 Å². The van der Waals surface area contributed by atoms with E-state index in [1.165, 1.54) is 0 Å². The lowest BCUT2D eigenvalue weighted by Gasteiger charge is -2.18. The molecule has 0 bridgehead atoms. The van der Waals surface area contributed by atoms with Gasteiger partial charge in [0.2, 0.25) is 5.91 Å². The zero-order valence-electron chi connectivity index (χ0n) is 15.0. The second-order valence-electron chi connectivity index (χ2n) is 5.94. The van der Waals surface area contributed by atoms with Crippen LogP contribution in [0.4, 0.5) is 0 Å². The van der Waals surface area contributed by atoms with E-state index >= 15 is 0 Å². The first-order valence-electron chi connectivity index (χ1n) is 8.55. The van der Waals surface area contributed by atoms with E-state index in [1.54, 1.807) is 14.2 Å². The molecule has 26 heavy (non-hydrogen) atoms. The highest BCUT2D eigenvalue weighted by Gasteiger charge is 2.13. The van der Waals surface area contributed by atoms with Gasteiger partial charge >= 0.3 is 0 Å². The zero-order valence-corrected chi connectivity index (χ0v) is 15.0. The molecule has 1 aliphatic heterocycles. The van der Waals surface area contributed by atoms with Crippen LogP contribution >= 0.6 is 0 Å². The first kappa shape index (κ1) is 17.9. The lowest BCUT2D eigenvalue weighted by atomic mass is 10.1. The summed E-state index contributed by atoms with van der Waals surface area (Å²) >= 11 is 0. The summed E-state index contributed by atoms with van der Waals surface area (Å²) < 4.78 is 21.6. The number of carbonyl (C=O) groups excluding carboxylic acids is 1. The highest BCUT2D eigenvalue weighted by Crippen LogP contribution is 2.31. The summed E-state index contributed by atoms with van der Waals surface area (Å²) in [5.74, 6) is 2.79. The predicted molar refractivity (Wildman–Crippen MR) is 97.4 cm³/mol. The molecule has 1 aliphatic rings. The summed E-state index contributed by atoms with van der Waals surface area (Å²) in [4.78, 5) is 12.2. The maximum absolute atomic E-state index is 12.2. The van der Waals surface area contributed by atoms with Crippen LogP contribution in [0.3, 0.4) is 0 Å². The molecule has 0 spiro atoms. The van der Waals surface area contributed by atoms with E-state index in [0.29, 0.717) is 49.8 Å². The summed E-state index contributed by atoms with van der Waals surface area (Å²) in [5, 5.41) is 2.94. The molecule has 0 aliphatic carbocycles. The number of hydrogen-bond acceptors (Lipinski definition) is 5. The Morgan fingerprint density at radius 2 is 1.69 bits per heavy atom. The van der Waals surface area contributed by atoms with Crippen molar-refractivity contribution in [3.05, 3.63) is 47.5 Å². The molecule has 0 fully saturated rings. The maximum Gasteiger partial charge on any atom is 0.224 e. The minimum atomic E-state index is -0.0258. The Balaban J connectivity index is 1.50. The molecule has 1 N–H and O–H groups in total. The highest BCUT2D eigenvalue weighted by atomic mass is 16.6. The topological polar surface area (TPSA) is 66.0 Å². The number of benzene rings is 2. The van der Waals surface area contributed by atoms with Gasteiger partial charge in [-0.1, -0.05) is 12.1 Å². The Bertz CT molecular complexity index is 775. The summed E-state index contributed by atoms with van der Waals surface area (Å²) in [7, 11) is 3.21. The quantitative estimate of drug-likeness (QED) is 0.824. The summed E-state index contributed by atoms with van der Waals surface area (Å²) in [6.07, 6.45) is 1.02. The van der Waals surface area contributed by atoms with Crippen molar-refractivity contribution in [3.8, 4) is 23.0 Å². The van der Waals surface area contributed by atoms with Gasteiger partial charge in [0.05, 0.1) is 20.6 Å². The predicted octanol–water partition coefficient (Wildman–Crippen LogP) is 2.38. The van der Waals surface area contributed by atoms with Crippen molar-refractivity contribution in [2.75, 3.05) is 34.0 Å². The number of fused-ring (bicyclic) bond motifs is 1. The van der Waals surface area contributed by atoms with Crippen molar-refractivity contribution >= 4 is 5.91 Å². The van der Waals surface area contributed by atoms with Crippen LogP contribution in [0.25, 0.3) is 0 Å². The van der Waals surface area contributed by atoms with E-state index in [-0.39, 0.29) is 5.91 Å². The van der Waals surface area contributed by atoms with Crippen molar-refractivity contribution in [1.29, 1.82) is 0 Å². The minimum Gasteiger partial charge on any atom is -0.493 e. The number of rotatable bonds is 7. The Kier molecular flexibility index (Phi) is 5.84. The van der Waals surface area contributed by atoms with Gasteiger partial charge in [0, 0.05) is 6.54 Å². The number of carbonyl (C=O) groups is 1. The van der Waals surface area contributed by atoms with E-state index in [0.717, 1.165) is 16.9 Å². The fourth-order valence-corrected chi connectivity index (χ4v) is 2.83. The third-order valence-corrected chi connectivity index (χ3v) is 4.16. The Labute approximate surface area is 153 Å². The number of methoxy groups -OCH3 is 2. The zero-order chi connectivity index (χ0) is 18.4. The number of hydrogen-bond donors (Lipinski definition) is 1. The third kappa shape index (κ3) is 4.39. The van der Waals surface area contributed by atoms with Crippen molar-refractivity contribution in [3.63, 3.8) is 0 Å². The van der Waals surface area contributed by atoms with E-state index in [4.69, 9.17) is 18.9 Å². The standard InChI is InChI=1S/C20H23NO5/c1-23-16-5-3-14(11-18(16)24-2)7-8-21-20(22)13-15-4-6-17-19(12-15)26-10-9-25-17/h3-6,11-12H,7-10,13H2,1-2H3,(H,21,22). The number of amides is 1. The van der Waals surface area contributed by atoms with Crippen molar-refractivity contribution < 1.29 is 23.7 Å². The Morgan fingerprint density at radius 3 is 2.46 bits per heavy atom. The molecule has 6 heteroatoms. The van der Waals surface area contributed by atoms with Gasteiger partial charge in [0.15, 0.2) is 23.0 Å². The van der Waals surface area contributed by atoms with Crippen LogP contribution in [0.1, 0.15) is 11.1 Å². The van der Waals surface area contributed by atoms with E-state index in [1.807, 2.05) is 36.4 Å². The van der Waals surface area contributed by atoms with Crippen molar-refractivity contribution in [2.24, 2.45) is 0 Å². The minimum absolute atomic E-state index is 0.0258. The van der Waals surface area contributed by atoms with Crippen LogP contribution in [0.15, 0.2) is 36.4 Å². The van der Waals surface area contributed by atoms with Gasteiger partial charge in [0.25, 0.3) is 0 Å². The average Bonchev–Trinajstić information content (AvgIpc) is 2.67. The summed E-state index contributed by atoms with van der Waals surface area (Å²) in [5.41, 5.74) is 1.97. The molecule has 6 nitrogen and oxygen atoms in total. The van der Waals surface area contributed by atoms with E-state index in [9.17, 15) is 4.79 Å². The van der Waals surface area contributed by atoms with Crippen LogP contribution in [0, 0.1) is 0 Å². The van der Waals surface area contributed by atoms with Crippen molar-refractivity contribution in [2.45, 2.75) is 12.8 Å². The second-order valence-corrected chi connectivity index (χ2v) is 5.94. The fraction of sp³-hybridized carbons (Fsp3) is 0.350. The lowest BCUT2D eigenvalue weighted by Crippen LogP contribution is -2.27. The van der Waals surface area contributed by atoms with E-state index in [2.05, 4.69) is 5.32 Å². The van der Waals surface area contributed by atoms with Crippen LogP contribution in [-0.2, 0) is 17.6 Å². The van der Waals surface area contributed by atoms with Gasteiger partial charge in [-0.25, -0.2) is 0 Å². The third-order valence-electron chi connectivity index (χ3n) is 4.16. The molecule has 2 aromatic carbocycles. The molecule has 0 saturated carbocycles. The maximum atomic E-state index is 12.2. The SMILES string of the molecule is COc1ccc(CCNC(=O)Cc2ccc3c(c2)OCCO3)cc1OC. The first-order valence-corrected chi connectivity index (χ1v) is 8.55. The molecule has 1 heterocycles. The molecule has 1 amide bonds. The average molecular weight is 357 g/mol. The molecule has 0 radical (unpaired) electrons. The summed E-state index contributed by atoms with van der Waals surface area (Å²) in [6, 6.07) is 11.4. The molecule has 0 atom stereocenters. The van der Waals surface area contributed by atoms with Crippen LogP contribution < -0.4 is 24.3 Å². The molecule has 138 valence electrons. The number of nitrogens with one attached hydrogen (secondary N) is 1. The molecule has 0 unspecified atom stereocenters. The van der Waals surface area contributed by atoms with Gasteiger partial charge in [-0.2, -0.15) is 0 Å². The molecule has 2 aromatic rings. The van der Waals surface area contributed by atoms with Gasteiger partial charge in [-0.05, 0) is 41.8 Å². The van der Waals surface area contributed by atoms with Gasteiger partial charge < -0.3 is 24.3 Å². The Morgan fingerprint density at radius 1 is 0.962 bits per heavy atom. The molecule has 0 aromatic heterocycles. The second kappa shape index (κ2) is 8.47. The van der Waals surface area contributed by atoms with Gasteiger partial charge in [0.1, 0.15) is 13.2 Å². The summed E-state index contributed by atoms with van der Waals surface area (Å²) in [6.45, 7) is 1.65. The molecular weight excluding hydrogens is 334 g/mol. The highest BCUT2D eigenvalue weighted by molar-refractivity contribution is 5.78. The molecule has 0 saturated heterocycles. The lowest BCUT2D eigenvalue weighted by molar-refractivity contribution is -0.120. The first-order chi connectivity index (χ1) is 12.7. The van der Waals surface area contributed by atoms with Crippen LogP contribution in [0.2, 0.25) is 0 Å². The molecule has 3 rings (SSSR count). The monoisotopic (exact) mass is 357 g/mol. The van der Waals surface area contributed by atoms with Gasteiger partial charge in [-0.15, -0.1) is 0 Å².